The molecule has 0 unspecified atom stereocenters. The Kier molecular flexibility index (Phi) is 3.83. The Balaban J connectivity index is 2.80. The van der Waals surface area contributed by atoms with Crippen LogP contribution < -0.4 is 5.32 Å². The van der Waals surface area contributed by atoms with Crippen molar-refractivity contribution >= 4 is 21.8 Å². The lowest BCUT2D eigenvalue weighted by Crippen LogP contribution is -2.23. The van der Waals surface area contributed by atoms with E-state index in [2.05, 4.69) is 27.8 Å². The van der Waals surface area contributed by atoms with Gasteiger partial charge in [0.25, 0.3) is 5.91 Å². The van der Waals surface area contributed by atoms with Crippen molar-refractivity contribution in [2.45, 2.75) is 0 Å². The predicted molar refractivity (Wildman–Crippen MR) is 56.6 cm³/mol. The normalized spacial score (nSPS) is 9.57. The summed E-state index contributed by atoms with van der Waals surface area (Å²) in [6.07, 6.45) is 1.58. The fourth-order valence-electron chi connectivity index (χ4n) is 0.904. The van der Waals surface area contributed by atoms with Crippen molar-refractivity contribution in [1.82, 2.24) is 5.32 Å². The van der Waals surface area contributed by atoms with E-state index in [1.165, 1.54) is 18.2 Å². The molecule has 0 fully saturated rings. The zero-order chi connectivity index (χ0) is 10.6. The highest BCUT2D eigenvalue weighted by Crippen LogP contribution is 2.16. The minimum absolute atomic E-state index is 0.245. The second-order valence-electron chi connectivity index (χ2n) is 2.63. The molecule has 1 aromatic carbocycles. The number of amides is 1. The van der Waals surface area contributed by atoms with Gasteiger partial charge in [0.05, 0.1) is 4.47 Å². The second-order valence-corrected chi connectivity index (χ2v) is 3.48. The molecular formula is C10H9BrFNO. The number of rotatable bonds is 3. The fourth-order valence-corrected chi connectivity index (χ4v) is 1.28. The van der Waals surface area contributed by atoms with E-state index in [0.717, 1.165) is 0 Å². The lowest BCUT2D eigenvalue weighted by molar-refractivity contribution is 0.0958. The Morgan fingerprint density at radius 3 is 2.93 bits per heavy atom. The summed E-state index contributed by atoms with van der Waals surface area (Å²) in [4.78, 5) is 11.4. The van der Waals surface area contributed by atoms with Crippen molar-refractivity contribution in [3.8, 4) is 0 Å². The highest BCUT2D eigenvalue weighted by atomic mass is 79.9. The molecule has 1 aromatic rings. The molecule has 0 atom stereocenters. The van der Waals surface area contributed by atoms with Crippen LogP contribution in [0.1, 0.15) is 10.4 Å². The number of carbonyl (C=O) groups excluding carboxylic acids is 1. The van der Waals surface area contributed by atoms with E-state index in [0.29, 0.717) is 12.1 Å². The van der Waals surface area contributed by atoms with Gasteiger partial charge in [-0.15, -0.1) is 6.58 Å². The molecule has 0 saturated carbocycles. The molecule has 1 N–H and O–H groups in total. The molecule has 74 valence electrons. The van der Waals surface area contributed by atoms with Gasteiger partial charge in [-0.05, 0) is 34.1 Å². The summed E-state index contributed by atoms with van der Waals surface area (Å²) in [5.41, 5.74) is 0.417. The maximum absolute atomic E-state index is 12.8. The van der Waals surface area contributed by atoms with Crippen LogP contribution >= 0.6 is 15.9 Å². The topological polar surface area (TPSA) is 29.1 Å². The molecule has 1 amide bonds. The van der Waals surface area contributed by atoms with Crippen molar-refractivity contribution in [2.24, 2.45) is 0 Å². The average molecular weight is 258 g/mol. The fraction of sp³-hybridized carbons (Fsp3) is 0.100. The molecule has 1 rings (SSSR count). The number of halogens is 2. The zero-order valence-electron chi connectivity index (χ0n) is 7.39. The number of carbonyl (C=O) groups is 1. The van der Waals surface area contributed by atoms with E-state index in [-0.39, 0.29) is 16.2 Å². The third kappa shape index (κ3) is 2.67. The van der Waals surface area contributed by atoms with E-state index >= 15 is 0 Å². The summed E-state index contributed by atoms with van der Waals surface area (Å²) in [7, 11) is 0. The van der Waals surface area contributed by atoms with Crippen molar-refractivity contribution in [1.29, 1.82) is 0 Å². The maximum Gasteiger partial charge on any atom is 0.251 e. The standard InChI is InChI=1S/C10H9BrFNO/c1-2-5-13-10(14)7-3-4-9(12)8(11)6-7/h2-4,6H,1,5H2,(H,13,14). The quantitative estimate of drug-likeness (QED) is 0.829. The lowest BCUT2D eigenvalue weighted by atomic mass is 10.2. The summed E-state index contributed by atoms with van der Waals surface area (Å²) in [6.45, 7) is 3.87. The molecule has 0 spiro atoms. The van der Waals surface area contributed by atoms with Crippen LogP contribution in [0.25, 0.3) is 0 Å². The third-order valence-corrected chi connectivity index (χ3v) is 2.20. The van der Waals surface area contributed by atoms with Crippen molar-refractivity contribution < 1.29 is 9.18 Å². The third-order valence-electron chi connectivity index (χ3n) is 1.59. The molecule has 0 heterocycles. The van der Waals surface area contributed by atoms with Crippen LogP contribution in [0.5, 0.6) is 0 Å². The van der Waals surface area contributed by atoms with Gasteiger partial charge in [0.2, 0.25) is 0 Å². The van der Waals surface area contributed by atoms with Gasteiger partial charge in [0, 0.05) is 12.1 Å². The van der Waals surface area contributed by atoms with E-state index in [1.54, 1.807) is 6.08 Å². The van der Waals surface area contributed by atoms with Gasteiger partial charge in [-0.2, -0.15) is 0 Å². The molecule has 0 bridgehead atoms. The number of hydrogen-bond acceptors (Lipinski definition) is 1. The molecule has 0 aliphatic rings. The predicted octanol–water partition coefficient (Wildman–Crippen LogP) is 2.50. The largest absolute Gasteiger partial charge is 0.349 e. The molecular weight excluding hydrogens is 249 g/mol. The first-order chi connectivity index (χ1) is 6.65. The van der Waals surface area contributed by atoms with Gasteiger partial charge < -0.3 is 5.32 Å². The molecule has 0 saturated heterocycles. The van der Waals surface area contributed by atoms with Crippen LogP contribution in [-0.4, -0.2) is 12.5 Å². The van der Waals surface area contributed by atoms with Gasteiger partial charge in [0.1, 0.15) is 5.82 Å². The Hall–Kier alpha value is -1.16. The highest BCUT2D eigenvalue weighted by molar-refractivity contribution is 9.10. The number of nitrogens with one attached hydrogen (secondary N) is 1. The zero-order valence-corrected chi connectivity index (χ0v) is 8.97. The smallest absolute Gasteiger partial charge is 0.251 e. The molecule has 2 nitrogen and oxygen atoms in total. The van der Waals surface area contributed by atoms with Crippen LogP contribution in [0.3, 0.4) is 0 Å². The van der Waals surface area contributed by atoms with E-state index in [1.807, 2.05) is 0 Å². The van der Waals surface area contributed by atoms with E-state index in [9.17, 15) is 9.18 Å². The van der Waals surface area contributed by atoms with Gasteiger partial charge in [-0.1, -0.05) is 6.08 Å². The van der Waals surface area contributed by atoms with Crippen LogP contribution in [0, 0.1) is 5.82 Å². The SMILES string of the molecule is C=CCNC(=O)c1ccc(F)c(Br)c1. The van der Waals surface area contributed by atoms with Gasteiger partial charge >= 0.3 is 0 Å². The molecule has 0 aromatic heterocycles. The molecule has 14 heavy (non-hydrogen) atoms. The first kappa shape index (κ1) is 10.9. The Morgan fingerprint density at radius 1 is 1.64 bits per heavy atom. The van der Waals surface area contributed by atoms with Crippen LogP contribution in [-0.2, 0) is 0 Å². The summed E-state index contributed by atoms with van der Waals surface area (Å²) >= 11 is 3.01. The van der Waals surface area contributed by atoms with Crippen molar-refractivity contribution in [3.63, 3.8) is 0 Å². The Bertz CT molecular complexity index is 365. The first-order valence-electron chi connectivity index (χ1n) is 3.99. The minimum atomic E-state index is -0.384. The molecule has 4 heteroatoms. The van der Waals surface area contributed by atoms with E-state index < -0.39 is 0 Å². The second kappa shape index (κ2) is 4.91. The molecule has 0 aliphatic carbocycles. The summed E-state index contributed by atoms with van der Waals surface area (Å²) in [5, 5.41) is 2.60. The first-order valence-corrected chi connectivity index (χ1v) is 4.78. The van der Waals surface area contributed by atoms with Gasteiger partial charge in [0.15, 0.2) is 0 Å². The maximum atomic E-state index is 12.8. The summed E-state index contributed by atoms with van der Waals surface area (Å²) < 4.78 is 13.1. The van der Waals surface area contributed by atoms with Crippen molar-refractivity contribution in [3.05, 3.63) is 46.7 Å². The lowest BCUT2D eigenvalue weighted by Gasteiger charge is -2.02. The van der Waals surface area contributed by atoms with Crippen LogP contribution in [0.15, 0.2) is 35.3 Å². The van der Waals surface area contributed by atoms with Crippen LogP contribution in [0.4, 0.5) is 4.39 Å². The highest BCUT2D eigenvalue weighted by Gasteiger charge is 2.06. The minimum Gasteiger partial charge on any atom is -0.349 e. The summed E-state index contributed by atoms with van der Waals surface area (Å²) in [5.74, 6) is -0.629. The van der Waals surface area contributed by atoms with Gasteiger partial charge in [-0.3, -0.25) is 4.79 Å². The van der Waals surface area contributed by atoms with Crippen molar-refractivity contribution in [2.75, 3.05) is 6.54 Å². The monoisotopic (exact) mass is 257 g/mol. The van der Waals surface area contributed by atoms with Crippen LogP contribution in [0.2, 0.25) is 0 Å². The number of benzene rings is 1. The average Bonchev–Trinajstić information content (AvgIpc) is 2.18. The summed E-state index contributed by atoms with van der Waals surface area (Å²) in [6, 6.07) is 4.11. The Labute approximate surface area is 89.9 Å². The molecule has 0 radical (unpaired) electrons. The number of hydrogen-bond donors (Lipinski definition) is 1. The molecule has 0 aliphatic heterocycles. The van der Waals surface area contributed by atoms with E-state index in [4.69, 9.17) is 0 Å². The Morgan fingerprint density at radius 2 is 2.36 bits per heavy atom. The van der Waals surface area contributed by atoms with Gasteiger partial charge in [-0.25, -0.2) is 4.39 Å².